The molecule has 0 aliphatic rings. The smallest absolute Gasteiger partial charge is 0.234 e. The van der Waals surface area contributed by atoms with E-state index in [9.17, 15) is 4.79 Å². The van der Waals surface area contributed by atoms with Crippen molar-refractivity contribution in [3.8, 4) is 0 Å². The van der Waals surface area contributed by atoms with E-state index >= 15 is 0 Å². The lowest BCUT2D eigenvalue weighted by molar-refractivity contribution is -0.118. The minimum absolute atomic E-state index is 0.0238. The van der Waals surface area contributed by atoms with Crippen LogP contribution in [0.5, 0.6) is 0 Å². The van der Waals surface area contributed by atoms with Gasteiger partial charge in [0.15, 0.2) is 0 Å². The first-order valence-corrected chi connectivity index (χ1v) is 4.20. The Bertz CT molecular complexity index is 237. The molecular weight excluding hydrogens is 255 g/mol. The molecular formula is C7H7IN2O. The number of carbonyl (C=O) groups excluding carboxylic acids is 1. The summed E-state index contributed by atoms with van der Waals surface area (Å²) in [4.78, 5) is 14.8. The second kappa shape index (κ2) is 4.27. The number of pyridine rings is 1. The third-order valence-corrected chi connectivity index (χ3v) is 1.77. The molecule has 3 nitrogen and oxygen atoms in total. The van der Waals surface area contributed by atoms with Crippen molar-refractivity contribution in [1.29, 1.82) is 0 Å². The van der Waals surface area contributed by atoms with E-state index in [1.54, 1.807) is 6.20 Å². The normalized spacial score (nSPS) is 9.18. The molecule has 58 valence electrons. The van der Waals surface area contributed by atoms with Gasteiger partial charge >= 0.3 is 0 Å². The summed E-state index contributed by atoms with van der Waals surface area (Å²) in [5, 5.41) is 0. The van der Waals surface area contributed by atoms with Crippen LogP contribution >= 0.6 is 22.9 Å². The van der Waals surface area contributed by atoms with Crippen molar-refractivity contribution in [2.45, 2.75) is 6.42 Å². The van der Waals surface area contributed by atoms with E-state index in [-0.39, 0.29) is 5.91 Å². The molecule has 11 heavy (non-hydrogen) atoms. The van der Waals surface area contributed by atoms with Gasteiger partial charge in [0.1, 0.15) is 0 Å². The van der Waals surface area contributed by atoms with Crippen LogP contribution in [0.1, 0.15) is 5.69 Å². The number of nitrogens with zero attached hydrogens (tertiary/aromatic N) is 1. The number of halogens is 1. The molecule has 1 heterocycles. The molecule has 1 aromatic heterocycles. The van der Waals surface area contributed by atoms with Crippen molar-refractivity contribution in [3.63, 3.8) is 0 Å². The molecule has 1 amide bonds. The van der Waals surface area contributed by atoms with Crippen LogP contribution in [0, 0.1) is 0 Å². The number of rotatable bonds is 2. The zero-order chi connectivity index (χ0) is 8.10. The lowest BCUT2D eigenvalue weighted by Crippen LogP contribution is -2.14. The van der Waals surface area contributed by atoms with Crippen LogP contribution in [0.3, 0.4) is 0 Å². The van der Waals surface area contributed by atoms with E-state index in [2.05, 4.69) is 8.51 Å². The van der Waals surface area contributed by atoms with Crippen LogP contribution in [0.2, 0.25) is 0 Å². The standard InChI is InChI=1S/C7H7IN2O/c8-10-7(11)5-6-3-1-2-4-9-6/h1-4H,5H2,(H,10,11). The number of aromatic nitrogens is 1. The summed E-state index contributed by atoms with van der Waals surface area (Å²) in [5.74, 6) is -0.0238. The zero-order valence-corrected chi connectivity index (χ0v) is 7.91. The van der Waals surface area contributed by atoms with E-state index in [1.807, 2.05) is 41.1 Å². The van der Waals surface area contributed by atoms with E-state index in [0.29, 0.717) is 6.42 Å². The average Bonchev–Trinajstić information content (AvgIpc) is 2.06. The number of amides is 1. The van der Waals surface area contributed by atoms with Gasteiger partial charge in [-0.1, -0.05) is 6.07 Å². The van der Waals surface area contributed by atoms with Gasteiger partial charge in [0.25, 0.3) is 0 Å². The summed E-state index contributed by atoms with van der Waals surface area (Å²) in [6.07, 6.45) is 2.03. The highest BCUT2D eigenvalue weighted by Crippen LogP contribution is 1.94. The number of hydrogen-bond donors (Lipinski definition) is 1. The Labute approximate surface area is 78.7 Å². The van der Waals surface area contributed by atoms with Gasteiger partial charge in [0, 0.05) is 11.9 Å². The van der Waals surface area contributed by atoms with Gasteiger partial charge in [-0.3, -0.25) is 13.3 Å². The van der Waals surface area contributed by atoms with Gasteiger partial charge in [0.05, 0.1) is 29.3 Å². The van der Waals surface area contributed by atoms with Crippen LogP contribution in [0.25, 0.3) is 0 Å². The van der Waals surface area contributed by atoms with E-state index in [1.165, 1.54) is 0 Å². The number of nitrogens with one attached hydrogen (secondary N) is 1. The van der Waals surface area contributed by atoms with Crippen molar-refractivity contribution in [2.24, 2.45) is 0 Å². The lowest BCUT2D eigenvalue weighted by Gasteiger charge is -1.95. The average molecular weight is 262 g/mol. The molecule has 1 N–H and O–H groups in total. The van der Waals surface area contributed by atoms with Crippen LogP contribution in [0.4, 0.5) is 0 Å². The summed E-state index contributed by atoms with van der Waals surface area (Å²) in [7, 11) is 0. The van der Waals surface area contributed by atoms with Crippen molar-refractivity contribution in [2.75, 3.05) is 0 Å². The highest BCUT2D eigenvalue weighted by molar-refractivity contribution is 14.1. The van der Waals surface area contributed by atoms with Crippen LogP contribution in [-0.2, 0) is 11.2 Å². The first-order chi connectivity index (χ1) is 5.33. The Kier molecular flexibility index (Phi) is 3.28. The minimum atomic E-state index is -0.0238. The molecule has 0 atom stereocenters. The topological polar surface area (TPSA) is 42.0 Å². The molecule has 0 aliphatic carbocycles. The second-order valence-electron chi connectivity index (χ2n) is 2.02. The molecule has 4 heteroatoms. The Morgan fingerprint density at radius 1 is 1.64 bits per heavy atom. The summed E-state index contributed by atoms with van der Waals surface area (Å²) in [6, 6.07) is 5.51. The fraction of sp³-hybridized carbons (Fsp3) is 0.143. The molecule has 0 unspecified atom stereocenters. The maximum absolute atomic E-state index is 10.8. The van der Waals surface area contributed by atoms with Gasteiger partial charge in [0.2, 0.25) is 5.91 Å². The van der Waals surface area contributed by atoms with Gasteiger partial charge in [-0.05, 0) is 12.1 Å². The monoisotopic (exact) mass is 262 g/mol. The first kappa shape index (κ1) is 8.45. The Hall–Kier alpha value is -0.650. The largest absolute Gasteiger partial charge is 0.298 e. The van der Waals surface area contributed by atoms with Gasteiger partial charge in [-0.15, -0.1) is 0 Å². The number of hydrogen-bond acceptors (Lipinski definition) is 2. The molecule has 0 aliphatic heterocycles. The van der Waals surface area contributed by atoms with Crippen molar-refractivity contribution < 1.29 is 4.79 Å². The fourth-order valence-corrected chi connectivity index (χ4v) is 0.891. The second-order valence-corrected chi connectivity index (χ2v) is 2.55. The van der Waals surface area contributed by atoms with E-state index in [4.69, 9.17) is 0 Å². The van der Waals surface area contributed by atoms with Crippen LogP contribution in [-0.4, -0.2) is 10.9 Å². The third kappa shape index (κ3) is 2.83. The molecule has 0 aromatic carbocycles. The molecule has 0 radical (unpaired) electrons. The van der Waals surface area contributed by atoms with Crippen molar-refractivity contribution in [3.05, 3.63) is 30.1 Å². The van der Waals surface area contributed by atoms with Gasteiger partial charge in [-0.25, -0.2) is 0 Å². The quantitative estimate of drug-likeness (QED) is 0.640. The minimum Gasteiger partial charge on any atom is -0.298 e. The molecule has 0 fully saturated rings. The van der Waals surface area contributed by atoms with E-state index in [0.717, 1.165) is 5.69 Å². The Morgan fingerprint density at radius 2 is 2.45 bits per heavy atom. The van der Waals surface area contributed by atoms with Crippen LogP contribution < -0.4 is 3.53 Å². The first-order valence-electron chi connectivity index (χ1n) is 3.12. The molecule has 1 rings (SSSR count). The third-order valence-electron chi connectivity index (χ3n) is 1.17. The van der Waals surface area contributed by atoms with E-state index < -0.39 is 0 Å². The fourth-order valence-electron chi connectivity index (χ4n) is 0.701. The maximum Gasteiger partial charge on any atom is 0.234 e. The zero-order valence-electron chi connectivity index (χ0n) is 5.75. The molecule has 1 aromatic rings. The molecule has 0 saturated carbocycles. The molecule has 0 spiro atoms. The highest BCUT2D eigenvalue weighted by atomic mass is 127. The van der Waals surface area contributed by atoms with Crippen molar-refractivity contribution >= 4 is 28.8 Å². The van der Waals surface area contributed by atoms with Gasteiger partial charge in [-0.2, -0.15) is 0 Å². The predicted molar refractivity (Wildman–Crippen MR) is 50.1 cm³/mol. The summed E-state index contributed by atoms with van der Waals surface area (Å²) in [6.45, 7) is 0. The number of carbonyl (C=O) groups is 1. The van der Waals surface area contributed by atoms with Crippen molar-refractivity contribution in [1.82, 2.24) is 8.51 Å². The summed E-state index contributed by atoms with van der Waals surface area (Å²) < 4.78 is 2.50. The summed E-state index contributed by atoms with van der Waals surface area (Å²) >= 11 is 1.81. The Morgan fingerprint density at radius 3 is 3.00 bits per heavy atom. The molecule has 0 bridgehead atoms. The summed E-state index contributed by atoms with van der Waals surface area (Å²) in [5.41, 5.74) is 0.793. The lowest BCUT2D eigenvalue weighted by atomic mass is 10.3. The molecule has 0 saturated heterocycles. The van der Waals surface area contributed by atoms with Crippen LogP contribution in [0.15, 0.2) is 24.4 Å². The predicted octanol–water partition coefficient (Wildman–Crippen LogP) is 1.09. The highest BCUT2D eigenvalue weighted by Gasteiger charge is 1.99. The SMILES string of the molecule is O=C(Cc1ccccn1)NI. The Balaban J connectivity index is 2.58. The maximum atomic E-state index is 10.8. The van der Waals surface area contributed by atoms with Gasteiger partial charge < -0.3 is 0 Å².